The zero-order chi connectivity index (χ0) is 11.0. The summed E-state index contributed by atoms with van der Waals surface area (Å²) in [7, 11) is 2.26. The van der Waals surface area contributed by atoms with E-state index < -0.39 is 0 Å². The van der Waals surface area contributed by atoms with E-state index in [1.807, 2.05) is 18.2 Å². The minimum Gasteiger partial charge on any atom is -0.490 e. The lowest BCUT2D eigenvalue weighted by atomic mass is 10.0. The summed E-state index contributed by atoms with van der Waals surface area (Å²) in [6, 6.07) is 11.7. The number of hydrogen-bond acceptors (Lipinski definition) is 2. The molecule has 1 aromatic carbocycles. The van der Waals surface area contributed by atoms with E-state index >= 15 is 0 Å². The van der Waals surface area contributed by atoms with E-state index in [1.54, 1.807) is 0 Å². The molecule has 1 aromatic rings. The minimum atomic E-state index is 0. The van der Waals surface area contributed by atoms with Gasteiger partial charge in [-0.2, -0.15) is 0 Å². The van der Waals surface area contributed by atoms with Gasteiger partial charge in [0.2, 0.25) is 0 Å². The van der Waals surface area contributed by atoms with Gasteiger partial charge in [0.25, 0.3) is 0 Å². The molecule has 0 radical (unpaired) electrons. The molecule has 3 rings (SSSR count). The highest BCUT2D eigenvalue weighted by Crippen LogP contribution is 2.35. The highest BCUT2D eigenvalue weighted by atomic mass is 35.5. The molecule has 2 aliphatic rings. The maximum Gasteiger partial charge on any atom is 0.119 e. The summed E-state index contributed by atoms with van der Waals surface area (Å²) >= 11 is 0. The Morgan fingerprint density at radius 2 is 1.65 bits per heavy atom. The van der Waals surface area contributed by atoms with Crippen molar-refractivity contribution in [1.82, 2.24) is 4.90 Å². The lowest BCUT2D eigenvalue weighted by molar-refractivity contribution is 0.0662. The molecule has 0 amide bonds. The Bertz CT molecular complexity index is 342. The Hall–Kier alpha value is -0.730. The number of hydrogen-bond donors (Lipinski definition) is 0. The zero-order valence-electron chi connectivity index (χ0n) is 10.2. The van der Waals surface area contributed by atoms with E-state index in [0.29, 0.717) is 6.10 Å². The van der Waals surface area contributed by atoms with Gasteiger partial charge in [-0.3, -0.25) is 0 Å². The third-order valence-corrected chi connectivity index (χ3v) is 4.10. The molecule has 94 valence electrons. The fourth-order valence-corrected chi connectivity index (χ4v) is 3.15. The van der Waals surface area contributed by atoms with Gasteiger partial charge in [0.1, 0.15) is 11.9 Å². The van der Waals surface area contributed by atoms with Crippen LogP contribution in [0.3, 0.4) is 0 Å². The number of para-hydroxylation sites is 1. The van der Waals surface area contributed by atoms with Crippen molar-refractivity contribution in [2.24, 2.45) is 0 Å². The highest BCUT2D eigenvalue weighted by molar-refractivity contribution is 5.85. The summed E-state index contributed by atoms with van der Waals surface area (Å²) in [4.78, 5) is 2.55. The Morgan fingerprint density at radius 1 is 1.06 bits per heavy atom. The van der Waals surface area contributed by atoms with Crippen molar-refractivity contribution in [3.63, 3.8) is 0 Å². The third kappa shape index (κ3) is 2.58. The van der Waals surface area contributed by atoms with Crippen LogP contribution in [0.1, 0.15) is 25.7 Å². The van der Waals surface area contributed by atoms with E-state index in [9.17, 15) is 0 Å². The van der Waals surface area contributed by atoms with Gasteiger partial charge in [-0.05, 0) is 44.9 Å². The van der Waals surface area contributed by atoms with Crippen LogP contribution in [0.4, 0.5) is 0 Å². The third-order valence-electron chi connectivity index (χ3n) is 4.10. The van der Waals surface area contributed by atoms with Gasteiger partial charge in [-0.1, -0.05) is 18.2 Å². The summed E-state index contributed by atoms with van der Waals surface area (Å²) in [5, 5.41) is 0. The number of benzene rings is 1. The van der Waals surface area contributed by atoms with E-state index in [2.05, 4.69) is 24.1 Å². The Labute approximate surface area is 109 Å². The molecule has 0 saturated carbocycles. The van der Waals surface area contributed by atoms with Gasteiger partial charge in [-0.15, -0.1) is 12.4 Å². The first-order valence-corrected chi connectivity index (χ1v) is 6.26. The van der Waals surface area contributed by atoms with Crippen LogP contribution in [0.25, 0.3) is 0 Å². The SMILES string of the molecule is CN1C2CCC1CC(Oc1ccccc1)C2.Cl. The van der Waals surface area contributed by atoms with Crippen molar-refractivity contribution in [1.29, 1.82) is 0 Å². The highest BCUT2D eigenvalue weighted by Gasteiger charge is 2.39. The van der Waals surface area contributed by atoms with Crippen molar-refractivity contribution in [2.75, 3.05) is 7.05 Å². The van der Waals surface area contributed by atoms with Crippen LogP contribution in [0.5, 0.6) is 5.75 Å². The number of halogens is 1. The first-order valence-electron chi connectivity index (χ1n) is 6.26. The standard InChI is InChI=1S/C14H19NO.ClH/c1-15-11-7-8-12(15)10-14(9-11)16-13-5-3-2-4-6-13;/h2-6,11-12,14H,7-10H2,1H3;1H. The van der Waals surface area contributed by atoms with Crippen molar-refractivity contribution in [3.05, 3.63) is 30.3 Å². The zero-order valence-corrected chi connectivity index (χ0v) is 11.0. The molecule has 2 bridgehead atoms. The minimum absolute atomic E-state index is 0. The maximum atomic E-state index is 6.06. The molecule has 0 N–H and O–H groups in total. The molecule has 2 heterocycles. The van der Waals surface area contributed by atoms with Crippen LogP contribution in [0, 0.1) is 0 Å². The van der Waals surface area contributed by atoms with Crippen LogP contribution in [-0.2, 0) is 0 Å². The lowest BCUT2D eigenvalue weighted by Gasteiger charge is -2.36. The average molecular weight is 254 g/mol. The summed E-state index contributed by atoms with van der Waals surface area (Å²) in [5.41, 5.74) is 0. The lowest BCUT2D eigenvalue weighted by Crippen LogP contribution is -2.43. The topological polar surface area (TPSA) is 12.5 Å². The number of nitrogens with zero attached hydrogens (tertiary/aromatic N) is 1. The smallest absolute Gasteiger partial charge is 0.119 e. The Balaban J connectivity index is 0.00000108. The molecule has 2 unspecified atom stereocenters. The molecule has 2 fully saturated rings. The molecular formula is C14H20ClNO. The molecule has 0 aromatic heterocycles. The van der Waals surface area contributed by atoms with Crippen molar-refractivity contribution in [3.8, 4) is 5.75 Å². The van der Waals surface area contributed by atoms with E-state index in [-0.39, 0.29) is 12.4 Å². The summed E-state index contributed by atoms with van der Waals surface area (Å²) in [6.07, 6.45) is 5.53. The predicted octanol–water partition coefficient (Wildman–Crippen LogP) is 3.11. The normalized spacial score (nSPS) is 31.9. The van der Waals surface area contributed by atoms with Gasteiger partial charge in [0.05, 0.1) is 0 Å². The second-order valence-corrected chi connectivity index (χ2v) is 5.07. The quantitative estimate of drug-likeness (QED) is 0.803. The molecule has 2 aliphatic heterocycles. The van der Waals surface area contributed by atoms with Crippen LogP contribution in [0.2, 0.25) is 0 Å². The fraction of sp³-hybridized carbons (Fsp3) is 0.571. The molecule has 2 saturated heterocycles. The molecule has 3 heteroatoms. The second kappa shape index (κ2) is 5.28. The molecule has 0 spiro atoms. The molecular weight excluding hydrogens is 234 g/mol. The van der Waals surface area contributed by atoms with Gasteiger partial charge >= 0.3 is 0 Å². The average Bonchev–Trinajstić information content (AvgIpc) is 2.54. The summed E-state index contributed by atoms with van der Waals surface area (Å²) < 4.78 is 6.06. The van der Waals surface area contributed by atoms with Crippen LogP contribution in [0.15, 0.2) is 30.3 Å². The Kier molecular flexibility index (Phi) is 3.95. The molecule has 2 atom stereocenters. The fourth-order valence-electron chi connectivity index (χ4n) is 3.15. The molecule has 0 aliphatic carbocycles. The first-order chi connectivity index (χ1) is 7.83. The van der Waals surface area contributed by atoms with Crippen molar-refractivity contribution >= 4 is 12.4 Å². The maximum absolute atomic E-state index is 6.06. The van der Waals surface area contributed by atoms with Gasteiger partial charge < -0.3 is 9.64 Å². The van der Waals surface area contributed by atoms with Gasteiger partial charge in [-0.25, -0.2) is 0 Å². The first kappa shape index (κ1) is 12.7. The van der Waals surface area contributed by atoms with E-state index in [0.717, 1.165) is 17.8 Å². The van der Waals surface area contributed by atoms with Crippen LogP contribution in [-0.4, -0.2) is 30.1 Å². The van der Waals surface area contributed by atoms with Crippen molar-refractivity contribution < 1.29 is 4.74 Å². The predicted molar refractivity (Wildman–Crippen MR) is 71.9 cm³/mol. The number of fused-ring (bicyclic) bond motifs is 2. The number of ether oxygens (including phenoxy) is 1. The molecule has 17 heavy (non-hydrogen) atoms. The van der Waals surface area contributed by atoms with Gasteiger partial charge in [0, 0.05) is 12.1 Å². The van der Waals surface area contributed by atoms with Crippen LogP contribution >= 0.6 is 12.4 Å². The van der Waals surface area contributed by atoms with Gasteiger partial charge in [0.15, 0.2) is 0 Å². The van der Waals surface area contributed by atoms with Crippen LogP contribution < -0.4 is 4.74 Å². The largest absolute Gasteiger partial charge is 0.490 e. The summed E-state index contributed by atoms with van der Waals surface area (Å²) in [5.74, 6) is 1.02. The number of rotatable bonds is 2. The van der Waals surface area contributed by atoms with E-state index in [4.69, 9.17) is 4.74 Å². The second-order valence-electron chi connectivity index (χ2n) is 5.07. The number of piperidine rings is 1. The Morgan fingerprint density at radius 3 is 2.24 bits per heavy atom. The van der Waals surface area contributed by atoms with Crippen molar-refractivity contribution in [2.45, 2.75) is 43.9 Å². The van der Waals surface area contributed by atoms with E-state index in [1.165, 1.54) is 25.7 Å². The summed E-state index contributed by atoms with van der Waals surface area (Å²) in [6.45, 7) is 0. The monoisotopic (exact) mass is 253 g/mol. The molecule has 2 nitrogen and oxygen atoms in total.